The first-order valence-electron chi connectivity index (χ1n) is 6.36. The van der Waals surface area contributed by atoms with Crippen molar-refractivity contribution in [2.24, 2.45) is 0 Å². The molecule has 6 heteroatoms. The number of aromatic nitrogens is 3. The zero-order valence-corrected chi connectivity index (χ0v) is 12.1. The van der Waals surface area contributed by atoms with Gasteiger partial charge in [0.2, 0.25) is 0 Å². The average molecular weight is 301 g/mol. The predicted molar refractivity (Wildman–Crippen MR) is 80.0 cm³/mol. The Morgan fingerprint density at radius 3 is 2.71 bits per heavy atom. The van der Waals surface area contributed by atoms with Gasteiger partial charge in [0.15, 0.2) is 5.16 Å². The number of hydrogen-bond donors (Lipinski definition) is 0. The van der Waals surface area contributed by atoms with E-state index in [-0.39, 0.29) is 11.5 Å². The zero-order chi connectivity index (χ0) is 14.8. The lowest BCUT2D eigenvalue weighted by Gasteiger charge is -2.04. The minimum absolute atomic E-state index is 0.264. The zero-order valence-electron chi connectivity index (χ0n) is 11.3. The highest BCUT2D eigenvalue weighted by Gasteiger charge is 2.05. The van der Waals surface area contributed by atoms with Crippen LogP contribution >= 0.6 is 11.8 Å². The Morgan fingerprint density at radius 1 is 1.19 bits per heavy atom. The number of pyridine rings is 1. The summed E-state index contributed by atoms with van der Waals surface area (Å²) in [6.45, 7) is 1.94. The molecule has 2 heterocycles. The van der Waals surface area contributed by atoms with Crippen molar-refractivity contribution in [2.45, 2.75) is 17.8 Å². The van der Waals surface area contributed by atoms with Crippen molar-refractivity contribution in [1.82, 2.24) is 14.4 Å². The number of rotatable bonds is 3. The molecule has 0 N–H and O–H groups in total. The molecule has 21 heavy (non-hydrogen) atoms. The van der Waals surface area contributed by atoms with Gasteiger partial charge >= 0.3 is 5.69 Å². The van der Waals surface area contributed by atoms with Crippen molar-refractivity contribution in [3.63, 3.8) is 0 Å². The molecule has 0 amide bonds. The van der Waals surface area contributed by atoms with Gasteiger partial charge in [-0.15, -0.1) is 0 Å². The summed E-state index contributed by atoms with van der Waals surface area (Å²) < 4.78 is 14.3. The van der Waals surface area contributed by atoms with Gasteiger partial charge in [0, 0.05) is 11.9 Å². The van der Waals surface area contributed by atoms with Crippen LogP contribution in [-0.4, -0.2) is 14.4 Å². The molecule has 106 valence electrons. The van der Waals surface area contributed by atoms with Crippen LogP contribution in [0.1, 0.15) is 11.1 Å². The molecule has 2 aromatic heterocycles. The van der Waals surface area contributed by atoms with Gasteiger partial charge < -0.3 is 0 Å². The van der Waals surface area contributed by atoms with Gasteiger partial charge in [0.05, 0.1) is 0 Å². The highest BCUT2D eigenvalue weighted by Crippen LogP contribution is 2.19. The van der Waals surface area contributed by atoms with E-state index in [1.54, 1.807) is 18.3 Å². The lowest BCUT2D eigenvalue weighted by Crippen LogP contribution is -2.19. The van der Waals surface area contributed by atoms with Gasteiger partial charge in [-0.1, -0.05) is 23.9 Å². The summed E-state index contributed by atoms with van der Waals surface area (Å²) in [5.41, 5.74) is 2.22. The summed E-state index contributed by atoms with van der Waals surface area (Å²) in [4.78, 5) is 20.2. The number of nitrogens with zero attached hydrogens (tertiary/aromatic N) is 3. The number of benzene rings is 1. The average Bonchev–Trinajstić information content (AvgIpc) is 2.46. The molecule has 0 saturated carbocycles. The van der Waals surface area contributed by atoms with Gasteiger partial charge in [-0.3, -0.25) is 4.40 Å². The monoisotopic (exact) mass is 301 g/mol. The standard InChI is InChI=1S/C15H12FN3OS/c1-10-6-7-19-13(8-10)17-14(18-15(19)20)21-9-11-2-4-12(16)5-3-11/h2-8H,9H2,1H3. The van der Waals surface area contributed by atoms with Gasteiger partial charge in [-0.05, 0) is 42.3 Å². The van der Waals surface area contributed by atoms with E-state index in [1.165, 1.54) is 28.3 Å². The molecule has 0 atom stereocenters. The Morgan fingerprint density at radius 2 is 1.95 bits per heavy atom. The summed E-state index contributed by atoms with van der Waals surface area (Å²) in [6, 6.07) is 9.92. The van der Waals surface area contributed by atoms with E-state index in [4.69, 9.17) is 0 Å². The maximum absolute atomic E-state index is 12.8. The van der Waals surface area contributed by atoms with Crippen LogP contribution in [0.3, 0.4) is 0 Å². The van der Waals surface area contributed by atoms with Crippen molar-refractivity contribution in [2.75, 3.05) is 0 Å². The third-order valence-corrected chi connectivity index (χ3v) is 3.90. The van der Waals surface area contributed by atoms with Gasteiger partial charge in [0.1, 0.15) is 11.5 Å². The molecule has 4 nitrogen and oxygen atoms in total. The molecule has 3 rings (SSSR count). The molecule has 0 unspecified atom stereocenters. The summed E-state index contributed by atoms with van der Waals surface area (Å²) in [6.07, 6.45) is 1.67. The van der Waals surface area contributed by atoms with Crippen LogP contribution in [0.2, 0.25) is 0 Å². The van der Waals surface area contributed by atoms with Crippen LogP contribution < -0.4 is 5.69 Å². The quantitative estimate of drug-likeness (QED) is 0.698. The van der Waals surface area contributed by atoms with Crippen LogP contribution in [-0.2, 0) is 5.75 Å². The SMILES string of the molecule is Cc1ccn2c(=O)nc(SCc3ccc(F)cc3)nc2c1. The first-order chi connectivity index (χ1) is 10.1. The molecule has 0 radical (unpaired) electrons. The minimum atomic E-state index is -0.346. The summed E-state index contributed by atoms with van der Waals surface area (Å²) in [5.74, 6) is 0.321. The van der Waals surface area contributed by atoms with Crippen LogP contribution in [0.4, 0.5) is 4.39 Å². The lowest BCUT2D eigenvalue weighted by atomic mass is 10.2. The normalized spacial score (nSPS) is 11.0. The number of halogens is 1. The Bertz CT molecular complexity index is 846. The van der Waals surface area contributed by atoms with E-state index in [9.17, 15) is 9.18 Å². The molecule has 0 aliphatic rings. The number of fused-ring (bicyclic) bond motifs is 1. The smallest absolute Gasteiger partial charge is 0.251 e. The van der Waals surface area contributed by atoms with E-state index < -0.39 is 0 Å². The second-order valence-electron chi connectivity index (χ2n) is 4.64. The van der Waals surface area contributed by atoms with Crippen molar-refractivity contribution in [1.29, 1.82) is 0 Å². The Labute approximate surface area is 124 Å². The molecule has 0 aliphatic carbocycles. The number of hydrogen-bond acceptors (Lipinski definition) is 4. The largest absolute Gasteiger partial charge is 0.355 e. The van der Waals surface area contributed by atoms with Crippen LogP contribution in [0.5, 0.6) is 0 Å². The maximum Gasteiger partial charge on any atom is 0.355 e. The van der Waals surface area contributed by atoms with Crippen LogP contribution in [0.15, 0.2) is 52.5 Å². The first-order valence-corrected chi connectivity index (χ1v) is 7.35. The van der Waals surface area contributed by atoms with Crippen molar-refractivity contribution >= 4 is 17.4 Å². The molecule has 0 bridgehead atoms. The van der Waals surface area contributed by atoms with Crippen molar-refractivity contribution < 1.29 is 4.39 Å². The maximum atomic E-state index is 12.8. The Balaban J connectivity index is 1.87. The van der Waals surface area contributed by atoms with Gasteiger partial charge in [-0.25, -0.2) is 14.2 Å². The fraction of sp³-hybridized carbons (Fsp3) is 0.133. The summed E-state index contributed by atoms with van der Waals surface area (Å²) in [7, 11) is 0. The van der Waals surface area contributed by atoms with E-state index in [2.05, 4.69) is 9.97 Å². The van der Waals surface area contributed by atoms with Gasteiger partial charge in [-0.2, -0.15) is 4.98 Å². The molecule has 0 saturated heterocycles. The van der Waals surface area contributed by atoms with E-state index >= 15 is 0 Å². The fourth-order valence-corrected chi connectivity index (χ4v) is 2.68. The molecule has 3 aromatic rings. The van der Waals surface area contributed by atoms with Crippen LogP contribution in [0, 0.1) is 12.7 Å². The molecule has 0 spiro atoms. The molecular formula is C15H12FN3OS. The highest BCUT2D eigenvalue weighted by molar-refractivity contribution is 7.98. The minimum Gasteiger partial charge on any atom is -0.251 e. The van der Waals surface area contributed by atoms with E-state index in [0.717, 1.165) is 11.1 Å². The van der Waals surface area contributed by atoms with Crippen molar-refractivity contribution in [3.8, 4) is 0 Å². The Hall–Kier alpha value is -2.21. The summed E-state index contributed by atoms with van der Waals surface area (Å²) >= 11 is 1.36. The topological polar surface area (TPSA) is 47.3 Å². The molecular weight excluding hydrogens is 289 g/mol. The lowest BCUT2D eigenvalue weighted by molar-refractivity contribution is 0.627. The van der Waals surface area contributed by atoms with Crippen molar-refractivity contribution in [3.05, 3.63) is 70.0 Å². The second kappa shape index (κ2) is 5.65. The van der Waals surface area contributed by atoms with Gasteiger partial charge in [0.25, 0.3) is 0 Å². The Kier molecular flexibility index (Phi) is 3.70. The summed E-state index contributed by atoms with van der Waals surface area (Å²) in [5, 5.41) is 0.426. The van der Waals surface area contributed by atoms with E-state index in [0.29, 0.717) is 16.6 Å². The second-order valence-corrected chi connectivity index (χ2v) is 5.58. The molecule has 0 aliphatic heterocycles. The highest BCUT2D eigenvalue weighted by atomic mass is 32.2. The predicted octanol–water partition coefficient (Wildman–Crippen LogP) is 2.83. The third-order valence-electron chi connectivity index (χ3n) is 2.98. The fourth-order valence-electron chi connectivity index (χ4n) is 1.89. The van der Waals surface area contributed by atoms with E-state index in [1.807, 2.05) is 19.1 Å². The van der Waals surface area contributed by atoms with Crippen LogP contribution in [0.25, 0.3) is 5.65 Å². The molecule has 0 fully saturated rings. The number of aryl methyl sites for hydroxylation is 1. The molecule has 1 aromatic carbocycles. The third kappa shape index (κ3) is 3.11. The number of thioether (sulfide) groups is 1. The first kappa shape index (κ1) is 13.8.